The molecule has 0 spiro atoms. The van der Waals surface area contributed by atoms with Gasteiger partial charge < -0.3 is 0 Å². The highest BCUT2D eigenvalue weighted by molar-refractivity contribution is 5.86. The minimum Gasteiger partial charge on any atom is -0.300 e. The molecule has 2 rings (SSSR count). The standard InChI is InChI=1S/C8H10N2O/c1-10-8(2-3-9-10)6-4-7(11)5-6/h2-3,6H,4-5H2,1H3. The van der Waals surface area contributed by atoms with E-state index < -0.39 is 0 Å². The van der Waals surface area contributed by atoms with Crippen molar-refractivity contribution in [3.05, 3.63) is 18.0 Å². The van der Waals surface area contributed by atoms with Crippen LogP contribution in [0.3, 0.4) is 0 Å². The molecule has 0 aromatic carbocycles. The van der Waals surface area contributed by atoms with E-state index in [4.69, 9.17) is 0 Å². The minimum atomic E-state index is 0.371. The Balaban J connectivity index is 2.18. The fraction of sp³-hybridized carbons (Fsp3) is 0.500. The maximum absolute atomic E-state index is 10.7. The summed E-state index contributed by atoms with van der Waals surface area (Å²) in [5, 5.41) is 4.05. The summed E-state index contributed by atoms with van der Waals surface area (Å²) in [5.41, 5.74) is 1.18. The molecule has 3 nitrogen and oxygen atoms in total. The molecule has 0 unspecified atom stereocenters. The molecule has 1 aliphatic carbocycles. The van der Waals surface area contributed by atoms with Crippen LogP contribution >= 0.6 is 0 Å². The highest BCUT2D eigenvalue weighted by Crippen LogP contribution is 2.32. The zero-order valence-corrected chi connectivity index (χ0v) is 6.45. The van der Waals surface area contributed by atoms with E-state index in [1.165, 1.54) is 5.69 Å². The summed E-state index contributed by atoms with van der Waals surface area (Å²) in [6.45, 7) is 0. The molecule has 1 saturated carbocycles. The van der Waals surface area contributed by atoms with Crippen molar-refractivity contribution in [3.8, 4) is 0 Å². The third-order valence-electron chi connectivity index (χ3n) is 2.23. The van der Waals surface area contributed by atoms with Gasteiger partial charge in [-0.25, -0.2) is 0 Å². The van der Waals surface area contributed by atoms with E-state index in [1.807, 2.05) is 17.8 Å². The predicted octanol–water partition coefficient (Wildman–Crippen LogP) is 0.867. The molecule has 0 saturated heterocycles. The van der Waals surface area contributed by atoms with Crippen LogP contribution in [0.25, 0.3) is 0 Å². The Hall–Kier alpha value is -1.12. The van der Waals surface area contributed by atoms with Crippen molar-refractivity contribution >= 4 is 5.78 Å². The lowest BCUT2D eigenvalue weighted by atomic mass is 9.82. The minimum absolute atomic E-state index is 0.371. The van der Waals surface area contributed by atoms with Gasteiger partial charge >= 0.3 is 0 Å². The van der Waals surface area contributed by atoms with Crippen LogP contribution < -0.4 is 0 Å². The number of rotatable bonds is 1. The summed E-state index contributed by atoms with van der Waals surface area (Å²) < 4.78 is 1.84. The molecule has 58 valence electrons. The van der Waals surface area contributed by atoms with Crippen LogP contribution in [-0.2, 0) is 11.8 Å². The number of hydrogen-bond donors (Lipinski definition) is 0. The number of Topliss-reactive ketones (excluding diaryl/α,β-unsaturated/α-hetero) is 1. The monoisotopic (exact) mass is 150 g/mol. The first-order chi connectivity index (χ1) is 5.27. The first-order valence-corrected chi connectivity index (χ1v) is 3.77. The van der Waals surface area contributed by atoms with Crippen molar-refractivity contribution in [2.45, 2.75) is 18.8 Å². The Bertz CT molecular complexity index is 282. The molecule has 1 heterocycles. The Morgan fingerprint density at radius 1 is 1.64 bits per heavy atom. The van der Waals surface area contributed by atoms with Gasteiger partial charge in [0, 0.05) is 37.7 Å². The van der Waals surface area contributed by atoms with E-state index in [1.54, 1.807) is 6.20 Å². The quantitative estimate of drug-likeness (QED) is 0.595. The molecule has 0 amide bonds. The van der Waals surface area contributed by atoms with Gasteiger partial charge in [0.1, 0.15) is 5.78 Å². The van der Waals surface area contributed by atoms with Crippen LogP contribution in [0.2, 0.25) is 0 Å². The fourth-order valence-electron chi connectivity index (χ4n) is 1.48. The van der Waals surface area contributed by atoms with Crippen molar-refractivity contribution in [1.82, 2.24) is 9.78 Å². The van der Waals surface area contributed by atoms with Crippen molar-refractivity contribution in [1.29, 1.82) is 0 Å². The third-order valence-corrected chi connectivity index (χ3v) is 2.23. The zero-order chi connectivity index (χ0) is 7.84. The molecule has 11 heavy (non-hydrogen) atoms. The van der Waals surface area contributed by atoms with Gasteiger partial charge in [-0.15, -0.1) is 0 Å². The van der Waals surface area contributed by atoms with Crippen LogP contribution in [0.5, 0.6) is 0 Å². The van der Waals surface area contributed by atoms with Gasteiger partial charge in [-0.3, -0.25) is 9.48 Å². The van der Waals surface area contributed by atoms with E-state index in [0.29, 0.717) is 24.5 Å². The SMILES string of the molecule is Cn1nccc1C1CC(=O)C1. The second-order valence-electron chi connectivity index (χ2n) is 3.02. The van der Waals surface area contributed by atoms with E-state index >= 15 is 0 Å². The lowest BCUT2D eigenvalue weighted by Gasteiger charge is -2.23. The largest absolute Gasteiger partial charge is 0.300 e. The van der Waals surface area contributed by atoms with Gasteiger partial charge in [0.2, 0.25) is 0 Å². The Morgan fingerprint density at radius 2 is 2.36 bits per heavy atom. The number of ketones is 1. The molecule has 0 N–H and O–H groups in total. The van der Waals surface area contributed by atoms with Crippen molar-refractivity contribution in [2.24, 2.45) is 7.05 Å². The summed E-state index contributed by atoms with van der Waals surface area (Å²) in [5.74, 6) is 0.811. The molecule has 1 aromatic rings. The van der Waals surface area contributed by atoms with Crippen molar-refractivity contribution in [2.75, 3.05) is 0 Å². The molecular weight excluding hydrogens is 140 g/mol. The van der Waals surface area contributed by atoms with Crippen LogP contribution in [0.15, 0.2) is 12.3 Å². The average Bonchev–Trinajstić information content (AvgIpc) is 2.29. The van der Waals surface area contributed by atoms with Crippen LogP contribution in [-0.4, -0.2) is 15.6 Å². The summed E-state index contributed by atoms with van der Waals surface area (Å²) in [4.78, 5) is 10.7. The average molecular weight is 150 g/mol. The van der Waals surface area contributed by atoms with E-state index in [9.17, 15) is 4.79 Å². The molecule has 1 aromatic heterocycles. The van der Waals surface area contributed by atoms with Crippen molar-refractivity contribution < 1.29 is 4.79 Å². The molecule has 0 bridgehead atoms. The number of carbonyl (C=O) groups is 1. The number of carbonyl (C=O) groups excluding carboxylic acids is 1. The van der Waals surface area contributed by atoms with E-state index in [0.717, 1.165) is 0 Å². The number of nitrogens with zero attached hydrogens (tertiary/aromatic N) is 2. The van der Waals surface area contributed by atoms with Crippen molar-refractivity contribution in [3.63, 3.8) is 0 Å². The normalized spacial score (nSPS) is 18.5. The van der Waals surface area contributed by atoms with Gasteiger partial charge in [0.15, 0.2) is 0 Å². The number of hydrogen-bond acceptors (Lipinski definition) is 2. The fourth-order valence-corrected chi connectivity index (χ4v) is 1.48. The maximum atomic E-state index is 10.7. The topological polar surface area (TPSA) is 34.9 Å². The smallest absolute Gasteiger partial charge is 0.134 e. The Kier molecular flexibility index (Phi) is 1.31. The predicted molar refractivity (Wildman–Crippen MR) is 40.2 cm³/mol. The molecule has 0 atom stereocenters. The number of aromatic nitrogens is 2. The molecule has 3 heteroatoms. The zero-order valence-electron chi connectivity index (χ0n) is 6.45. The van der Waals surface area contributed by atoms with Gasteiger partial charge in [-0.05, 0) is 6.07 Å². The summed E-state index contributed by atoms with van der Waals surface area (Å²) in [6, 6.07) is 1.98. The van der Waals surface area contributed by atoms with Crippen LogP contribution in [0.1, 0.15) is 24.5 Å². The molecule has 0 radical (unpaired) electrons. The lowest BCUT2D eigenvalue weighted by Crippen LogP contribution is -2.23. The maximum Gasteiger partial charge on any atom is 0.134 e. The van der Waals surface area contributed by atoms with Crippen LogP contribution in [0, 0.1) is 0 Å². The van der Waals surface area contributed by atoms with Crippen LogP contribution in [0.4, 0.5) is 0 Å². The number of aryl methyl sites for hydroxylation is 1. The van der Waals surface area contributed by atoms with Gasteiger partial charge in [0.25, 0.3) is 0 Å². The third kappa shape index (κ3) is 0.964. The first kappa shape index (κ1) is 6.58. The summed E-state index contributed by atoms with van der Waals surface area (Å²) >= 11 is 0. The molecule has 1 aliphatic rings. The second-order valence-corrected chi connectivity index (χ2v) is 3.02. The molecule has 0 aliphatic heterocycles. The van der Waals surface area contributed by atoms with Gasteiger partial charge in [0.05, 0.1) is 0 Å². The summed E-state index contributed by atoms with van der Waals surface area (Å²) in [6.07, 6.45) is 3.19. The molecular formula is C8H10N2O. The highest BCUT2D eigenvalue weighted by Gasteiger charge is 2.29. The lowest BCUT2D eigenvalue weighted by molar-refractivity contribution is -0.124. The van der Waals surface area contributed by atoms with E-state index in [-0.39, 0.29) is 0 Å². The Labute approximate surface area is 65.0 Å². The summed E-state index contributed by atoms with van der Waals surface area (Å²) in [7, 11) is 1.91. The van der Waals surface area contributed by atoms with E-state index in [2.05, 4.69) is 5.10 Å². The van der Waals surface area contributed by atoms with Gasteiger partial charge in [-0.1, -0.05) is 0 Å². The van der Waals surface area contributed by atoms with Gasteiger partial charge in [-0.2, -0.15) is 5.10 Å². The first-order valence-electron chi connectivity index (χ1n) is 3.77. The highest BCUT2D eigenvalue weighted by atomic mass is 16.1. The molecule has 1 fully saturated rings. The second kappa shape index (κ2) is 2.19. The Morgan fingerprint density at radius 3 is 2.82 bits per heavy atom.